The van der Waals surface area contributed by atoms with Gasteiger partial charge in [-0.25, -0.2) is 27.2 Å². The maximum Gasteiger partial charge on any atom is 0.335 e. The van der Waals surface area contributed by atoms with Crippen LogP contribution in [0.2, 0.25) is 0 Å². The molecule has 11 atom stereocenters. The van der Waals surface area contributed by atoms with E-state index in [1.165, 1.54) is 12.1 Å². The second-order valence-electron chi connectivity index (χ2n) is 15.9. The highest BCUT2D eigenvalue weighted by atomic mass is 32.1. The van der Waals surface area contributed by atoms with Crippen LogP contribution in [0.25, 0.3) is 0 Å². The highest BCUT2D eigenvalue weighted by Crippen LogP contribution is 2.35. The summed E-state index contributed by atoms with van der Waals surface area (Å²) < 4.78 is 79.6. The van der Waals surface area contributed by atoms with Crippen LogP contribution in [0.3, 0.4) is 0 Å². The largest absolute Gasteiger partial charge is 0.488 e. The van der Waals surface area contributed by atoms with Crippen molar-refractivity contribution < 1.29 is 92.1 Å². The summed E-state index contributed by atoms with van der Waals surface area (Å²) in [6.45, 7) is 0.862. The minimum atomic E-state index is -2.27. The number of aliphatic hydroxyl groups is 7. The number of aliphatic carboxylic acids is 2. The third-order valence-electron chi connectivity index (χ3n) is 11.3. The van der Waals surface area contributed by atoms with Gasteiger partial charge in [0.2, 0.25) is 5.79 Å². The number of hydrogen-bond donors (Lipinski definition) is 13. The Bertz CT molecular complexity index is 2530. The van der Waals surface area contributed by atoms with Crippen LogP contribution in [0.4, 0.5) is 17.6 Å². The molecule has 368 valence electrons. The first-order chi connectivity index (χ1) is 31.6. The van der Waals surface area contributed by atoms with Gasteiger partial charge >= 0.3 is 11.9 Å². The van der Waals surface area contributed by atoms with Crippen LogP contribution in [0.5, 0.6) is 11.5 Å². The Labute approximate surface area is 386 Å². The van der Waals surface area contributed by atoms with E-state index in [1.54, 1.807) is 10.8 Å². The first-order valence-electron chi connectivity index (χ1n) is 20.4. The topological polar surface area (TPSA) is 333 Å². The number of aromatic nitrogens is 4. The number of rotatable bonds is 11. The van der Waals surface area contributed by atoms with Crippen molar-refractivity contribution in [2.45, 2.75) is 92.6 Å². The van der Waals surface area contributed by atoms with Crippen molar-refractivity contribution in [3.63, 3.8) is 0 Å². The molecule has 2 aromatic heterocycles. The summed E-state index contributed by atoms with van der Waals surface area (Å²) in [4.78, 5) is 27.4. The molecule has 21 nitrogen and oxygen atoms in total. The van der Waals surface area contributed by atoms with Gasteiger partial charge < -0.3 is 95.1 Å². The fourth-order valence-corrected chi connectivity index (χ4v) is 8.67. The number of nitrogens with one attached hydrogen (secondary N) is 3. The van der Waals surface area contributed by atoms with Crippen molar-refractivity contribution in [2.75, 3.05) is 32.8 Å². The number of aliphatic hydroxyl groups excluding tert-OH is 6. The summed E-state index contributed by atoms with van der Waals surface area (Å²) in [7, 11) is 0. The Morgan fingerprint density at radius 2 is 1.24 bits per heavy atom. The SMILES string of the molecule is NCCc1c[nH]c(=S)n1[C@H]1COc2c(F)cc(F)cc2C1.O=C(O)C1O[C@H](O)C(O)[C@@H](O)[C@@H]1O.O=C(O)[C@H]1O[C@@](O)(CNCCc2c[nH]c(=S)n2[C@H]2COc3c(F)cc(F)cc3C2)[C@H](O)C1O. The molecule has 3 unspecified atom stereocenters. The summed E-state index contributed by atoms with van der Waals surface area (Å²) in [5.74, 6) is -7.83. The Morgan fingerprint density at radius 3 is 1.70 bits per heavy atom. The number of nitrogens with zero attached hydrogens (tertiary/aromatic N) is 2. The van der Waals surface area contributed by atoms with Gasteiger partial charge in [0.25, 0.3) is 0 Å². The summed E-state index contributed by atoms with van der Waals surface area (Å²) in [5, 5.41) is 86.4. The van der Waals surface area contributed by atoms with E-state index in [4.69, 9.17) is 75.0 Å². The fraction of sp³-hybridized carbons (Fsp3) is 0.500. The molecule has 4 aromatic rings. The summed E-state index contributed by atoms with van der Waals surface area (Å²) in [6.07, 6.45) is -8.69. The first-order valence-corrected chi connectivity index (χ1v) is 21.3. The summed E-state index contributed by atoms with van der Waals surface area (Å²) in [5.41, 5.74) is 8.24. The molecule has 0 saturated carbocycles. The van der Waals surface area contributed by atoms with Gasteiger partial charge in [-0.05, 0) is 43.1 Å². The molecule has 67 heavy (non-hydrogen) atoms. The van der Waals surface area contributed by atoms with E-state index >= 15 is 0 Å². The number of nitrogens with two attached hydrogens (primary N) is 1. The Morgan fingerprint density at radius 1 is 0.746 bits per heavy atom. The number of carbonyl (C=O) groups is 2. The molecular weight excluding hydrogens is 945 g/mol. The zero-order chi connectivity index (χ0) is 49.1. The van der Waals surface area contributed by atoms with Crippen LogP contribution in [0.15, 0.2) is 36.7 Å². The van der Waals surface area contributed by atoms with Crippen molar-refractivity contribution in [2.24, 2.45) is 5.73 Å². The number of halogens is 4. The molecule has 8 rings (SSSR count). The number of hydrogen-bond acceptors (Lipinski definition) is 17. The van der Waals surface area contributed by atoms with E-state index in [-0.39, 0.29) is 43.3 Å². The lowest BCUT2D eigenvalue weighted by atomic mass is 9.99. The lowest BCUT2D eigenvalue weighted by molar-refractivity contribution is -0.279. The lowest BCUT2D eigenvalue weighted by Gasteiger charge is -2.36. The smallest absolute Gasteiger partial charge is 0.335 e. The molecular formula is C40H48F4N6O15S2. The predicted molar refractivity (Wildman–Crippen MR) is 224 cm³/mol. The molecule has 4 aliphatic heterocycles. The zero-order valence-electron chi connectivity index (χ0n) is 34.9. The highest BCUT2D eigenvalue weighted by Gasteiger charge is 2.55. The van der Waals surface area contributed by atoms with E-state index < -0.39 is 90.0 Å². The number of carboxylic acid groups (broad SMARTS) is 2. The average molecular weight is 993 g/mol. The van der Waals surface area contributed by atoms with Crippen LogP contribution >= 0.6 is 24.4 Å². The van der Waals surface area contributed by atoms with E-state index in [0.29, 0.717) is 59.5 Å². The van der Waals surface area contributed by atoms with Gasteiger partial charge in [-0.15, -0.1) is 0 Å². The quantitative estimate of drug-likeness (QED) is 0.0507. The van der Waals surface area contributed by atoms with Crippen molar-refractivity contribution in [3.05, 3.63) is 92.0 Å². The number of fused-ring (bicyclic) bond motifs is 2. The Hall–Kier alpha value is -4.88. The molecule has 14 N–H and O–H groups in total. The van der Waals surface area contributed by atoms with E-state index in [0.717, 1.165) is 23.5 Å². The van der Waals surface area contributed by atoms with Gasteiger partial charge in [-0.1, -0.05) is 0 Å². The number of aromatic amines is 2. The lowest BCUT2D eigenvalue weighted by Crippen LogP contribution is -2.59. The Kier molecular flexibility index (Phi) is 16.6. The molecule has 2 saturated heterocycles. The van der Waals surface area contributed by atoms with Crippen LogP contribution in [0, 0.1) is 32.8 Å². The van der Waals surface area contributed by atoms with Crippen LogP contribution in [-0.2, 0) is 44.7 Å². The number of imidazole rings is 2. The summed E-state index contributed by atoms with van der Waals surface area (Å²) in [6, 6.07) is 3.75. The molecule has 0 aliphatic carbocycles. The second kappa shape index (κ2) is 21.6. The van der Waals surface area contributed by atoms with Crippen molar-refractivity contribution >= 4 is 36.4 Å². The average Bonchev–Trinajstić information content (AvgIpc) is 3.91. The van der Waals surface area contributed by atoms with Gasteiger partial charge in [0.05, 0.1) is 18.6 Å². The first kappa shape index (κ1) is 51.5. The second-order valence-corrected chi connectivity index (χ2v) is 16.7. The monoisotopic (exact) mass is 992 g/mol. The van der Waals surface area contributed by atoms with Gasteiger partial charge in [0.1, 0.15) is 55.4 Å². The molecule has 6 heterocycles. The molecule has 0 amide bonds. The van der Waals surface area contributed by atoms with Gasteiger partial charge in [0.15, 0.2) is 51.2 Å². The van der Waals surface area contributed by atoms with Crippen molar-refractivity contribution in [1.82, 2.24) is 24.4 Å². The number of carboxylic acids is 2. The third-order valence-corrected chi connectivity index (χ3v) is 11.9. The third kappa shape index (κ3) is 11.4. The number of H-pyrrole nitrogens is 2. The molecule has 4 aliphatic rings. The van der Waals surface area contributed by atoms with Crippen LogP contribution in [-0.4, -0.2) is 165 Å². The zero-order valence-corrected chi connectivity index (χ0v) is 36.5. The molecule has 27 heteroatoms. The predicted octanol–water partition coefficient (Wildman–Crippen LogP) is -0.602. The molecule has 2 aromatic carbocycles. The Balaban J connectivity index is 0.000000185. The van der Waals surface area contributed by atoms with Gasteiger partial charge in [-0.3, -0.25) is 0 Å². The fourth-order valence-electron chi connectivity index (χ4n) is 8.02. The number of ether oxygens (including phenoxy) is 4. The molecule has 0 bridgehead atoms. The number of benzene rings is 2. The normalized spacial score (nSPS) is 28.7. The van der Waals surface area contributed by atoms with Crippen LogP contribution in [0.1, 0.15) is 34.6 Å². The minimum absolute atomic E-state index is 0.0307. The minimum Gasteiger partial charge on any atom is -0.488 e. The van der Waals surface area contributed by atoms with E-state index in [2.05, 4.69) is 20.0 Å². The highest BCUT2D eigenvalue weighted by molar-refractivity contribution is 7.71. The maximum atomic E-state index is 13.9. The standard InChI is InChI=1S/C20H23F2N3O7S.C14H15F2N3OS.C6H10O7/c21-10-3-9-4-12(7-31-15(9)13(22)5-10)25-11(6-24-19(25)33)1-2-23-8-20(30)17(27)14(26)16(32-20)18(28)29;15-9-3-8-4-11(7-20-13(8)12(16)5-9)19-10(1-2-17)6-18-14(19)21;7-1-2(8)4(5(10)11)13-6(12)3(1)9/h3,5-6,12,14,16-17,23,26-27,30H,1-2,4,7-8H2,(H,24,33)(H,28,29);3,5-6,11H,1-2,4,7,17H2,(H,18,21);1-4,6-9,12H,(H,10,11)/t12-,14?,16+,17-,20+;11-;1-,2-,3?,4?,6-/m110/s1. The van der Waals surface area contributed by atoms with Gasteiger partial charge in [-0.2, -0.15) is 0 Å². The van der Waals surface area contributed by atoms with E-state index in [1.807, 2.05) is 10.8 Å². The summed E-state index contributed by atoms with van der Waals surface area (Å²) >= 11 is 10.6. The maximum absolute atomic E-state index is 13.9. The van der Waals surface area contributed by atoms with Crippen molar-refractivity contribution in [3.8, 4) is 11.5 Å². The molecule has 0 spiro atoms. The van der Waals surface area contributed by atoms with Gasteiger partial charge in [0, 0.05) is 79.3 Å². The molecule has 0 radical (unpaired) electrons. The molecule has 2 fully saturated rings. The van der Waals surface area contributed by atoms with E-state index in [9.17, 15) is 42.5 Å². The van der Waals surface area contributed by atoms with Crippen molar-refractivity contribution in [1.29, 1.82) is 0 Å². The van der Waals surface area contributed by atoms with Crippen LogP contribution < -0.4 is 20.5 Å².